The average molecular weight is 410 g/mol. The zero-order chi connectivity index (χ0) is 21.3. The second kappa shape index (κ2) is 8.07. The molecule has 1 aliphatic rings. The van der Waals surface area contributed by atoms with E-state index in [9.17, 15) is 9.18 Å². The molecule has 0 bridgehead atoms. The number of pyridine rings is 1. The molecule has 6 nitrogen and oxygen atoms in total. The summed E-state index contributed by atoms with van der Waals surface area (Å²) in [6, 6.07) is 12.4. The summed E-state index contributed by atoms with van der Waals surface area (Å²) in [6.07, 6.45) is 1.74. The minimum atomic E-state index is -0.491. The molecule has 0 N–H and O–H groups in total. The number of ether oxygens (including phenoxy) is 1. The molecule has 3 heterocycles. The van der Waals surface area contributed by atoms with Crippen LogP contribution >= 0.6 is 0 Å². The molecule has 2 aromatic heterocycles. The number of benzene rings is 1. The van der Waals surface area contributed by atoms with Crippen molar-refractivity contribution in [1.29, 1.82) is 0 Å². The molecule has 0 spiro atoms. The van der Waals surface area contributed by atoms with Gasteiger partial charge in [-0.05, 0) is 57.2 Å². The third kappa shape index (κ3) is 4.46. The van der Waals surface area contributed by atoms with Gasteiger partial charge in [0.2, 0.25) is 0 Å². The van der Waals surface area contributed by atoms with Gasteiger partial charge in [-0.15, -0.1) is 0 Å². The van der Waals surface area contributed by atoms with Crippen LogP contribution in [0.15, 0.2) is 48.7 Å². The Kier molecular flexibility index (Phi) is 5.47. The summed E-state index contributed by atoms with van der Waals surface area (Å²) in [4.78, 5) is 21.2. The number of hydrogen-bond acceptors (Lipinski definition) is 4. The summed E-state index contributed by atoms with van der Waals surface area (Å²) in [6.45, 7) is 9.08. The highest BCUT2D eigenvalue weighted by Gasteiger charge is 2.27. The van der Waals surface area contributed by atoms with Gasteiger partial charge in [-0.2, -0.15) is 0 Å². The predicted octanol–water partition coefficient (Wildman–Crippen LogP) is 4.19. The quantitative estimate of drug-likeness (QED) is 0.650. The normalized spacial score (nSPS) is 15.5. The van der Waals surface area contributed by atoms with E-state index in [0.717, 1.165) is 35.7 Å². The van der Waals surface area contributed by atoms with Crippen molar-refractivity contribution in [2.75, 3.05) is 26.2 Å². The summed E-state index contributed by atoms with van der Waals surface area (Å²) in [5.74, 6) is -0.262. The number of halogens is 1. The first-order chi connectivity index (χ1) is 14.3. The molecule has 1 fully saturated rings. The van der Waals surface area contributed by atoms with E-state index in [0.29, 0.717) is 19.6 Å². The van der Waals surface area contributed by atoms with Crippen molar-refractivity contribution in [2.24, 2.45) is 0 Å². The SMILES string of the molecule is CC(C)(C)OC(=O)N1CCN(Cc2c(-c3ccc(F)cc3)nc3ccccn23)CC1. The minimum Gasteiger partial charge on any atom is -0.444 e. The van der Waals surface area contributed by atoms with Crippen LogP contribution < -0.4 is 0 Å². The van der Waals surface area contributed by atoms with E-state index >= 15 is 0 Å². The van der Waals surface area contributed by atoms with Crippen LogP contribution in [0.1, 0.15) is 26.5 Å². The van der Waals surface area contributed by atoms with Gasteiger partial charge in [-0.3, -0.25) is 4.90 Å². The van der Waals surface area contributed by atoms with E-state index in [4.69, 9.17) is 9.72 Å². The topological polar surface area (TPSA) is 50.1 Å². The third-order valence-corrected chi connectivity index (χ3v) is 5.14. The number of piperazine rings is 1. The number of amides is 1. The molecule has 158 valence electrons. The van der Waals surface area contributed by atoms with Gasteiger partial charge in [0, 0.05) is 44.5 Å². The summed E-state index contributed by atoms with van der Waals surface area (Å²) < 4.78 is 21.0. The highest BCUT2D eigenvalue weighted by molar-refractivity contribution is 5.68. The van der Waals surface area contributed by atoms with Crippen molar-refractivity contribution < 1.29 is 13.9 Å². The number of carbonyl (C=O) groups is 1. The zero-order valence-electron chi connectivity index (χ0n) is 17.6. The number of nitrogens with zero attached hydrogens (tertiary/aromatic N) is 4. The lowest BCUT2D eigenvalue weighted by Crippen LogP contribution is -2.49. The van der Waals surface area contributed by atoms with Crippen LogP contribution in [0.4, 0.5) is 9.18 Å². The summed E-state index contributed by atoms with van der Waals surface area (Å²) in [5.41, 5.74) is 3.18. The summed E-state index contributed by atoms with van der Waals surface area (Å²) in [5, 5.41) is 0. The van der Waals surface area contributed by atoms with Crippen LogP contribution in [0.25, 0.3) is 16.9 Å². The molecule has 30 heavy (non-hydrogen) atoms. The first-order valence-electron chi connectivity index (χ1n) is 10.2. The summed E-state index contributed by atoms with van der Waals surface area (Å²) in [7, 11) is 0. The number of aromatic nitrogens is 2. The first-order valence-corrected chi connectivity index (χ1v) is 10.2. The maximum atomic E-state index is 13.4. The van der Waals surface area contributed by atoms with Crippen molar-refractivity contribution in [3.63, 3.8) is 0 Å². The van der Waals surface area contributed by atoms with E-state index in [1.54, 1.807) is 17.0 Å². The molecule has 0 atom stereocenters. The van der Waals surface area contributed by atoms with E-state index in [1.807, 2.05) is 45.2 Å². The zero-order valence-corrected chi connectivity index (χ0v) is 17.6. The molecule has 0 aliphatic carbocycles. The third-order valence-electron chi connectivity index (χ3n) is 5.14. The lowest BCUT2D eigenvalue weighted by atomic mass is 10.1. The number of carbonyl (C=O) groups excluding carboxylic acids is 1. The van der Waals surface area contributed by atoms with Crippen LogP contribution in [-0.2, 0) is 11.3 Å². The molecule has 1 aliphatic heterocycles. The van der Waals surface area contributed by atoms with Crippen LogP contribution in [0.2, 0.25) is 0 Å². The van der Waals surface area contributed by atoms with E-state index < -0.39 is 5.60 Å². The maximum Gasteiger partial charge on any atom is 0.410 e. The molecular formula is C23H27FN4O2. The van der Waals surface area contributed by atoms with Crippen LogP contribution in [0.5, 0.6) is 0 Å². The number of rotatable bonds is 3. The fraction of sp³-hybridized carbons (Fsp3) is 0.391. The molecule has 1 amide bonds. The van der Waals surface area contributed by atoms with Crippen molar-refractivity contribution >= 4 is 11.7 Å². The van der Waals surface area contributed by atoms with Crippen molar-refractivity contribution in [3.05, 3.63) is 60.2 Å². The van der Waals surface area contributed by atoms with Gasteiger partial charge in [0.25, 0.3) is 0 Å². The first kappa shape index (κ1) is 20.3. The fourth-order valence-corrected chi connectivity index (χ4v) is 3.66. The highest BCUT2D eigenvalue weighted by atomic mass is 19.1. The predicted molar refractivity (Wildman–Crippen MR) is 114 cm³/mol. The number of fused-ring (bicyclic) bond motifs is 1. The Labute approximate surface area is 175 Å². The lowest BCUT2D eigenvalue weighted by Gasteiger charge is -2.35. The molecule has 0 radical (unpaired) electrons. The Morgan fingerprint density at radius 1 is 1.07 bits per heavy atom. The molecule has 1 aromatic carbocycles. The second-order valence-corrected chi connectivity index (χ2v) is 8.59. The van der Waals surface area contributed by atoms with Crippen LogP contribution in [0.3, 0.4) is 0 Å². The summed E-state index contributed by atoms with van der Waals surface area (Å²) >= 11 is 0. The van der Waals surface area contributed by atoms with Crippen LogP contribution in [0, 0.1) is 5.82 Å². The number of imidazole rings is 1. The Balaban J connectivity index is 1.52. The van der Waals surface area contributed by atoms with Crippen LogP contribution in [-0.4, -0.2) is 57.1 Å². The Morgan fingerprint density at radius 3 is 2.43 bits per heavy atom. The van der Waals surface area contributed by atoms with Crippen molar-refractivity contribution in [1.82, 2.24) is 19.2 Å². The Bertz CT molecular complexity index is 1030. The maximum absolute atomic E-state index is 13.4. The van der Waals surface area contributed by atoms with E-state index in [1.165, 1.54) is 12.1 Å². The van der Waals surface area contributed by atoms with Crippen molar-refractivity contribution in [3.8, 4) is 11.3 Å². The second-order valence-electron chi connectivity index (χ2n) is 8.59. The molecule has 4 rings (SSSR count). The Hall–Kier alpha value is -2.93. The standard InChI is InChI=1S/C23H27FN4O2/c1-23(2,3)30-22(29)27-14-12-26(13-15-27)16-19-21(17-7-9-18(24)10-8-17)25-20-6-4-5-11-28(19)20/h4-11H,12-16H2,1-3H3. The van der Waals surface area contributed by atoms with Gasteiger partial charge < -0.3 is 14.0 Å². The number of hydrogen-bond donors (Lipinski definition) is 0. The monoisotopic (exact) mass is 410 g/mol. The van der Waals surface area contributed by atoms with Gasteiger partial charge in [0.05, 0.1) is 11.4 Å². The molecule has 3 aromatic rings. The molecule has 7 heteroatoms. The van der Waals surface area contributed by atoms with Gasteiger partial charge in [-0.1, -0.05) is 6.07 Å². The molecule has 1 saturated heterocycles. The van der Waals surface area contributed by atoms with E-state index in [2.05, 4.69) is 9.30 Å². The van der Waals surface area contributed by atoms with Crippen molar-refractivity contribution in [2.45, 2.75) is 32.9 Å². The largest absolute Gasteiger partial charge is 0.444 e. The van der Waals surface area contributed by atoms with E-state index in [-0.39, 0.29) is 11.9 Å². The molecular weight excluding hydrogens is 383 g/mol. The molecule has 0 saturated carbocycles. The fourth-order valence-electron chi connectivity index (χ4n) is 3.66. The van der Waals surface area contributed by atoms with Gasteiger partial charge in [0.15, 0.2) is 0 Å². The Morgan fingerprint density at radius 2 is 1.77 bits per heavy atom. The molecule has 0 unspecified atom stereocenters. The smallest absolute Gasteiger partial charge is 0.410 e. The van der Waals surface area contributed by atoms with Gasteiger partial charge in [-0.25, -0.2) is 14.2 Å². The lowest BCUT2D eigenvalue weighted by molar-refractivity contribution is 0.0138. The van der Waals surface area contributed by atoms with Gasteiger partial charge >= 0.3 is 6.09 Å². The minimum absolute atomic E-state index is 0.260. The van der Waals surface area contributed by atoms with Gasteiger partial charge in [0.1, 0.15) is 17.1 Å². The highest BCUT2D eigenvalue weighted by Crippen LogP contribution is 2.26. The average Bonchev–Trinajstić information content (AvgIpc) is 3.06.